The fourth-order valence-corrected chi connectivity index (χ4v) is 5.01. The van der Waals surface area contributed by atoms with Crippen molar-refractivity contribution in [1.82, 2.24) is 0 Å². The predicted octanol–water partition coefficient (Wildman–Crippen LogP) is -2.58. The topological polar surface area (TPSA) is 27.7 Å². The van der Waals surface area contributed by atoms with Crippen LogP contribution >= 0.6 is 12.6 Å². The average molecular weight is 275 g/mol. The van der Waals surface area contributed by atoms with Crippen molar-refractivity contribution < 1.29 is 12.7 Å². The summed E-state index contributed by atoms with van der Waals surface area (Å²) in [5.74, 6) is 1.000. The van der Waals surface area contributed by atoms with E-state index in [0.29, 0.717) is 0 Å². The molecule has 0 radical (unpaired) electrons. The van der Waals surface area contributed by atoms with Crippen LogP contribution in [-0.2, 0) is 12.7 Å². The molecule has 3 nitrogen and oxygen atoms in total. The lowest BCUT2D eigenvalue weighted by molar-refractivity contribution is 0.375. The third-order valence-electron chi connectivity index (χ3n) is 1.19. The van der Waals surface area contributed by atoms with Gasteiger partial charge in [-0.3, -0.25) is 0 Å². The molecule has 0 aromatic heterocycles. The molecule has 0 aromatic rings. The Morgan fingerprint density at radius 3 is 2.38 bits per heavy atom. The molecule has 0 rings (SSSR count). The lowest BCUT2D eigenvalue weighted by Gasteiger charge is -1.99. The lowest BCUT2D eigenvalue weighted by atomic mass is 10.6. The molecule has 0 saturated heterocycles. The Labute approximate surface area is 97.8 Å². The predicted molar refractivity (Wildman–Crippen MR) is 74.0 cm³/mol. The summed E-state index contributed by atoms with van der Waals surface area (Å²) in [7, 11) is 1.03. The number of thiol groups is 1. The van der Waals surface area contributed by atoms with Gasteiger partial charge in [-0.05, 0) is 25.1 Å². The maximum absolute atomic E-state index is 5.34. The second-order valence-electron chi connectivity index (χ2n) is 2.32. The normalized spacial score (nSPS) is 11.5. The molecule has 0 spiro atoms. The van der Waals surface area contributed by atoms with Crippen LogP contribution in [-0.4, -0.2) is 53.1 Å². The molecule has 0 bridgehead atoms. The largest absolute Gasteiger partial charge is 0.449 e. The molecule has 0 atom stereocenters. The zero-order valence-electron chi connectivity index (χ0n) is 8.91. The summed E-state index contributed by atoms with van der Waals surface area (Å²) in [6.07, 6.45) is 1.21. The van der Waals surface area contributed by atoms with Crippen LogP contribution in [0, 0.1) is 0 Å². The summed E-state index contributed by atoms with van der Waals surface area (Å²) < 4.78 is 15.0. The van der Waals surface area contributed by atoms with E-state index in [1.165, 1.54) is 12.5 Å². The van der Waals surface area contributed by atoms with Gasteiger partial charge in [0.25, 0.3) is 10.0 Å². The van der Waals surface area contributed by atoms with Gasteiger partial charge < -0.3 is 12.7 Å². The van der Waals surface area contributed by atoms with Crippen molar-refractivity contribution in [3.63, 3.8) is 0 Å². The van der Waals surface area contributed by atoms with Gasteiger partial charge in [0.05, 0.1) is 0 Å². The minimum atomic E-state index is -0.508. The van der Waals surface area contributed by atoms with E-state index in [4.69, 9.17) is 8.23 Å². The highest BCUT2D eigenvalue weighted by Gasteiger charge is 1.87. The third kappa shape index (κ3) is 24.6. The molecule has 0 amide bonds. The van der Waals surface area contributed by atoms with Crippen LogP contribution in [0.3, 0.4) is 0 Å². The van der Waals surface area contributed by atoms with Crippen LogP contribution in [0.25, 0.3) is 0 Å². The smallest absolute Gasteiger partial charge is 0.282 e. The van der Waals surface area contributed by atoms with Gasteiger partial charge in [-0.2, -0.15) is 12.6 Å². The van der Waals surface area contributed by atoms with E-state index in [1.807, 2.05) is 6.92 Å². The molecule has 82 valence electrons. The molecule has 0 unspecified atom stereocenters. The lowest BCUT2D eigenvalue weighted by Crippen LogP contribution is -2.06. The second kappa shape index (κ2) is 18.8. The van der Waals surface area contributed by atoms with Crippen LogP contribution in [0.2, 0.25) is 6.04 Å². The molecule has 0 aromatic carbocycles. The van der Waals surface area contributed by atoms with Gasteiger partial charge in [0.1, 0.15) is 30.7 Å². The molecule has 0 fully saturated rings. The van der Waals surface area contributed by atoms with Gasteiger partial charge in [0, 0.05) is 6.61 Å². The monoisotopic (exact) mass is 274 g/mol. The Balaban J connectivity index is 0. The fraction of sp³-hybridized carbons (Fsp3) is 1.00. The van der Waals surface area contributed by atoms with Gasteiger partial charge in [0.2, 0.25) is 0 Å². The minimum absolute atomic E-state index is 0.201. The van der Waals surface area contributed by atoms with E-state index in [1.54, 1.807) is 0 Å². The van der Waals surface area contributed by atoms with Crippen molar-refractivity contribution in [3.8, 4) is 0 Å². The van der Waals surface area contributed by atoms with Crippen LogP contribution in [0.4, 0.5) is 0 Å². The summed E-state index contributed by atoms with van der Waals surface area (Å²) in [6.45, 7) is 2.87. The maximum atomic E-state index is 5.34. The SMILES string of the molecule is CCO[SiH3].[SiH3]O[SiH2]O[SiH2]CCCS. The van der Waals surface area contributed by atoms with Gasteiger partial charge in [-0.15, -0.1) is 0 Å². The second-order valence-corrected chi connectivity index (χ2v) is 8.64. The Morgan fingerprint density at radius 2 is 2.00 bits per heavy atom. The standard InChI is InChI=1S/C3H14O2SSi3.C2H8OSi/c6-2-1-3-8-5-9-4-7;1-2-3-4/h6H,1-3,8-9H2,7H3;2H2,1,4H3. The van der Waals surface area contributed by atoms with Gasteiger partial charge in [-0.25, -0.2) is 0 Å². The molecule has 8 heteroatoms. The van der Waals surface area contributed by atoms with E-state index in [2.05, 4.69) is 17.1 Å². The molecular weight excluding hydrogens is 252 g/mol. The summed E-state index contributed by atoms with van der Waals surface area (Å²) in [4.78, 5) is 0. The number of hydrogen-bond acceptors (Lipinski definition) is 4. The van der Waals surface area contributed by atoms with Crippen LogP contribution in [0.15, 0.2) is 0 Å². The van der Waals surface area contributed by atoms with E-state index < -0.39 is 10.0 Å². The van der Waals surface area contributed by atoms with E-state index >= 15 is 0 Å². The number of rotatable bonds is 7. The highest BCUT2D eigenvalue weighted by molar-refractivity contribution is 7.80. The molecule has 0 aliphatic rings. The highest BCUT2D eigenvalue weighted by atomic mass is 32.1. The first-order valence-corrected chi connectivity index (χ1v) is 9.49. The number of hydrogen-bond donors (Lipinski definition) is 1. The summed E-state index contributed by atoms with van der Waals surface area (Å²) >= 11 is 4.10. The Bertz CT molecular complexity index is 72.8. The van der Waals surface area contributed by atoms with Gasteiger partial charge >= 0.3 is 0 Å². The molecule has 0 N–H and O–H groups in total. The first kappa shape index (κ1) is 16.5. The van der Waals surface area contributed by atoms with Crippen LogP contribution in [0.1, 0.15) is 13.3 Å². The zero-order chi connectivity index (χ0) is 10.4. The molecule has 13 heavy (non-hydrogen) atoms. The maximum Gasteiger partial charge on any atom is 0.282 e. The average Bonchev–Trinajstić information content (AvgIpc) is 2.18. The quantitative estimate of drug-likeness (QED) is 0.314. The van der Waals surface area contributed by atoms with Gasteiger partial charge in [0.15, 0.2) is 0 Å². The summed E-state index contributed by atoms with van der Waals surface area (Å²) in [6, 6.07) is 1.27. The zero-order valence-corrected chi connectivity index (χ0v) is 16.6. The van der Waals surface area contributed by atoms with Crippen LogP contribution < -0.4 is 0 Å². The van der Waals surface area contributed by atoms with Gasteiger partial charge in [-0.1, -0.05) is 0 Å². The highest BCUT2D eigenvalue weighted by Crippen LogP contribution is 1.90. The first-order chi connectivity index (χ1) is 6.33. The van der Waals surface area contributed by atoms with Crippen molar-refractivity contribution in [2.24, 2.45) is 0 Å². The molecular formula is C5H22O3SSi4. The third-order valence-corrected chi connectivity index (χ3v) is 5.63. The molecule has 0 aliphatic heterocycles. The fourth-order valence-electron chi connectivity index (χ4n) is 0.458. The van der Waals surface area contributed by atoms with Crippen molar-refractivity contribution in [1.29, 1.82) is 0 Å². The van der Waals surface area contributed by atoms with Crippen molar-refractivity contribution >= 4 is 53.4 Å². The van der Waals surface area contributed by atoms with Crippen LogP contribution in [0.5, 0.6) is 0 Å². The first-order valence-electron chi connectivity index (χ1n) is 4.49. The van der Waals surface area contributed by atoms with E-state index in [0.717, 1.165) is 33.3 Å². The van der Waals surface area contributed by atoms with Crippen molar-refractivity contribution in [3.05, 3.63) is 0 Å². The summed E-state index contributed by atoms with van der Waals surface area (Å²) in [5.41, 5.74) is 0. The van der Waals surface area contributed by atoms with E-state index in [-0.39, 0.29) is 9.76 Å². The molecule has 0 heterocycles. The summed E-state index contributed by atoms with van der Waals surface area (Å²) in [5, 5.41) is 0. The Hall–Kier alpha value is 1.10. The Morgan fingerprint density at radius 1 is 1.38 bits per heavy atom. The molecule has 0 aliphatic carbocycles. The Kier molecular flexibility index (Phi) is 23.9. The van der Waals surface area contributed by atoms with Crippen molar-refractivity contribution in [2.75, 3.05) is 12.4 Å². The van der Waals surface area contributed by atoms with E-state index in [9.17, 15) is 0 Å². The van der Waals surface area contributed by atoms with Crippen molar-refractivity contribution in [2.45, 2.75) is 19.4 Å². The minimum Gasteiger partial charge on any atom is -0.449 e. The molecule has 0 saturated carbocycles.